The lowest BCUT2D eigenvalue weighted by molar-refractivity contribution is 0.233. The van der Waals surface area contributed by atoms with Crippen LogP contribution in [0.3, 0.4) is 0 Å². The molecule has 18 heavy (non-hydrogen) atoms. The normalized spacial score (nSPS) is 21.8. The second kappa shape index (κ2) is 6.21. The van der Waals surface area contributed by atoms with Crippen molar-refractivity contribution in [1.82, 2.24) is 5.43 Å². The highest BCUT2D eigenvalue weighted by molar-refractivity contribution is 5.38. The molecule has 3 nitrogen and oxygen atoms in total. The van der Waals surface area contributed by atoms with Gasteiger partial charge in [0.25, 0.3) is 0 Å². The van der Waals surface area contributed by atoms with Gasteiger partial charge in [0, 0.05) is 12.0 Å². The molecule has 3 atom stereocenters. The zero-order chi connectivity index (χ0) is 13.0. The van der Waals surface area contributed by atoms with Gasteiger partial charge in [0.05, 0.1) is 6.61 Å². The summed E-state index contributed by atoms with van der Waals surface area (Å²) in [6.07, 6.45) is 3.36. The summed E-state index contributed by atoms with van der Waals surface area (Å²) in [7, 11) is 0. The smallest absolute Gasteiger partial charge is 0.122 e. The molecule has 0 saturated carbocycles. The molecule has 0 saturated heterocycles. The van der Waals surface area contributed by atoms with Crippen molar-refractivity contribution in [2.75, 3.05) is 6.61 Å². The number of hydrazine groups is 1. The van der Waals surface area contributed by atoms with Crippen LogP contribution in [0, 0.1) is 5.92 Å². The maximum absolute atomic E-state index is 5.77. The van der Waals surface area contributed by atoms with E-state index in [-0.39, 0.29) is 0 Å². The van der Waals surface area contributed by atoms with Crippen LogP contribution in [-0.2, 0) is 0 Å². The van der Waals surface area contributed by atoms with Gasteiger partial charge in [-0.05, 0) is 30.4 Å². The molecule has 1 aromatic rings. The molecule has 1 aliphatic heterocycles. The van der Waals surface area contributed by atoms with Crippen LogP contribution in [0.5, 0.6) is 5.75 Å². The van der Waals surface area contributed by atoms with Gasteiger partial charge in [-0.25, -0.2) is 0 Å². The predicted molar refractivity (Wildman–Crippen MR) is 74.5 cm³/mol. The summed E-state index contributed by atoms with van der Waals surface area (Å²) in [5.74, 6) is 7.96. The molecule has 3 heteroatoms. The van der Waals surface area contributed by atoms with Crippen LogP contribution in [0.15, 0.2) is 24.3 Å². The number of rotatable bonds is 5. The molecule has 0 bridgehead atoms. The molecule has 0 radical (unpaired) electrons. The molecule has 0 amide bonds. The van der Waals surface area contributed by atoms with Gasteiger partial charge in [0.15, 0.2) is 0 Å². The van der Waals surface area contributed by atoms with Crippen molar-refractivity contribution in [2.24, 2.45) is 11.8 Å². The largest absolute Gasteiger partial charge is 0.493 e. The molecule has 0 spiro atoms. The van der Waals surface area contributed by atoms with Crippen molar-refractivity contribution in [3.8, 4) is 5.75 Å². The third kappa shape index (κ3) is 2.85. The Morgan fingerprint density at radius 3 is 2.94 bits per heavy atom. The Labute approximate surface area is 110 Å². The molecule has 100 valence electrons. The lowest BCUT2D eigenvalue weighted by atomic mass is 9.82. The summed E-state index contributed by atoms with van der Waals surface area (Å²) in [6.45, 7) is 5.31. The standard InChI is InChI=1S/C15H24N2O/c1-3-11(2)10-14(17-16)12-8-9-18-15-7-5-4-6-13(12)15/h4-7,11-12,14,17H,3,8-10,16H2,1-2H3. The summed E-state index contributed by atoms with van der Waals surface area (Å²) in [5, 5.41) is 0. The number of fused-ring (bicyclic) bond motifs is 1. The van der Waals surface area contributed by atoms with Crippen molar-refractivity contribution in [3.63, 3.8) is 0 Å². The second-order valence-corrected chi connectivity index (χ2v) is 5.30. The van der Waals surface area contributed by atoms with E-state index in [2.05, 4.69) is 37.5 Å². The molecule has 1 aromatic carbocycles. The molecule has 2 rings (SSSR count). The topological polar surface area (TPSA) is 47.3 Å². The fourth-order valence-corrected chi connectivity index (χ4v) is 2.74. The summed E-state index contributed by atoms with van der Waals surface area (Å²) in [4.78, 5) is 0. The van der Waals surface area contributed by atoms with Crippen LogP contribution in [0.25, 0.3) is 0 Å². The Balaban J connectivity index is 2.17. The van der Waals surface area contributed by atoms with E-state index in [9.17, 15) is 0 Å². The maximum atomic E-state index is 5.77. The number of nitrogens with two attached hydrogens (primary N) is 1. The monoisotopic (exact) mass is 248 g/mol. The van der Waals surface area contributed by atoms with E-state index in [0.717, 1.165) is 25.2 Å². The summed E-state index contributed by atoms with van der Waals surface area (Å²) in [6, 6.07) is 8.67. The first kappa shape index (κ1) is 13.4. The SMILES string of the molecule is CCC(C)CC(NN)C1CCOc2ccccc21. The molecule has 0 aliphatic carbocycles. The van der Waals surface area contributed by atoms with Gasteiger partial charge in [0.2, 0.25) is 0 Å². The molecule has 3 N–H and O–H groups in total. The molecule has 1 aliphatic rings. The quantitative estimate of drug-likeness (QED) is 0.622. The van der Waals surface area contributed by atoms with Crippen LogP contribution in [-0.4, -0.2) is 12.6 Å². The summed E-state index contributed by atoms with van der Waals surface area (Å²) < 4.78 is 5.71. The molecule has 0 fully saturated rings. The van der Waals surface area contributed by atoms with Crippen molar-refractivity contribution in [3.05, 3.63) is 29.8 Å². The Bertz CT molecular complexity index is 381. The number of hydrogen-bond acceptors (Lipinski definition) is 3. The van der Waals surface area contributed by atoms with Gasteiger partial charge in [-0.1, -0.05) is 38.5 Å². The van der Waals surface area contributed by atoms with E-state index in [1.165, 1.54) is 12.0 Å². The van der Waals surface area contributed by atoms with Crippen molar-refractivity contribution < 1.29 is 4.74 Å². The average molecular weight is 248 g/mol. The number of ether oxygens (including phenoxy) is 1. The number of para-hydroxylation sites is 1. The van der Waals surface area contributed by atoms with E-state index < -0.39 is 0 Å². The van der Waals surface area contributed by atoms with Crippen LogP contribution in [0.1, 0.15) is 44.6 Å². The third-order valence-electron chi connectivity index (χ3n) is 4.06. The fraction of sp³-hybridized carbons (Fsp3) is 0.600. The molecule has 3 unspecified atom stereocenters. The highest BCUT2D eigenvalue weighted by Gasteiger charge is 2.28. The molecule has 0 aromatic heterocycles. The highest BCUT2D eigenvalue weighted by atomic mass is 16.5. The van der Waals surface area contributed by atoms with Gasteiger partial charge in [0.1, 0.15) is 5.75 Å². The van der Waals surface area contributed by atoms with E-state index in [4.69, 9.17) is 10.6 Å². The first-order valence-corrected chi connectivity index (χ1v) is 6.94. The predicted octanol–water partition coefficient (Wildman–Crippen LogP) is 2.82. The minimum absolute atomic E-state index is 0.338. The molecule has 1 heterocycles. The molecular weight excluding hydrogens is 224 g/mol. The minimum Gasteiger partial charge on any atom is -0.493 e. The van der Waals surface area contributed by atoms with Crippen molar-refractivity contribution >= 4 is 0 Å². The van der Waals surface area contributed by atoms with E-state index >= 15 is 0 Å². The Morgan fingerprint density at radius 1 is 1.44 bits per heavy atom. The zero-order valence-electron chi connectivity index (χ0n) is 11.4. The van der Waals surface area contributed by atoms with E-state index in [1.807, 2.05) is 6.07 Å². The zero-order valence-corrected chi connectivity index (χ0v) is 11.4. The third-order valence-corrected chi connectivity index (χ3v) is 4.06. The summed E-state index contributed by atoms with van der Waals surface area (Å²) in [5.41, 5.74) is 4.32. The summed E-state index contributed by atoms with van der Waals surface area (Å²) >= 11 is 0. The Hall–Kier alpha value is -1.06. The minimum atomic E-state index is 0.338. The molecular formula is C15H24N2O. The van der Waals surface area contributed by atoms with Crippen LogP contribution in [0.2, 0.25) is 0 Å². The van der Waals surface area contributed by atoms with Crippen LogP contribution >= 0.6 is 0 Å². The number of benzene rings is 1. The van der Waals surface area contributed by atoms with Crippen molar-refractivity contribution in [1.29, 1.82) is 0 Å². The first-order valence-electron chi connectivity index (χ1n) is 6.94. The second-order valence-electron chi connectivity index (χ2n) is 5.30. The van der Waals surface area contributed by atoms with Crippen LogP contribution in [0.4, 0.5) is 0 Å². The lowest BCUT2D eigenvalue weighted by Gasteiger charge is -2.33. The fourth-order valence-electron chi connectivity index (χ4n) is 2.74. The average Bonchev–Trinajstić information content (AvgIpc) is 2.44. The van der Waals surface area contributed by atoms with Gasteiger partial charge in [-0.15, -0.1) is 0 Å². The van der Waals surface area contributed by atoms with Crippen LogP contribution < -0.4 is 16.0 Å². The Kier molecular flexibility index (Phi) is 4.61. The first-order chi connectivity index (χ1) is 8.76. The van der Waals surface area contributed by atoms with Gasteiger partial charge < -0.3 is 4.74 Å². The maximum Gasteiger partial charge on any atom is 0.122 e. The highest BCUT2D eigenvalue weighted by Crippen LogP contribution is 2.37. The number of hydrogen-bond donors (Lipinski definition) is 2. The number of nitrogens with one attached hydrogen (secondary N) is 1. The lowest BCUT2D eigenvalue weighted by Crippen LogP contribution is -2.42. The Morgan fingerprint density at radius 2 is 2.22 bits per heavy atom. The van der Waals surface area contributed by atoms with Gasteiger partial charge in [-0.2, -0.15) is 0 Å². The van der Waals surface area contributed by atoms with E-state index in [1.54, 1.807) is 0 Å². The van der Waals surface area contributed by atoms with E-state index in [0.29, 0.717) is 17.9 Å². The van der Waals surface area contributed by atoms with Gasteiger partial charge >= 0.3 is 0 Å². The van der Waals surface area contributed by atoms with Crippen molar-refractivity contribution in [2.45, 2.75) is 45.1 Å². The van der Waals surface area contributed by atoms with Gasteiger partial charge in [-0.3, -0.25) is 11.3 Å².